The highest BCUT2D eigenvalue weighted by molar-refractivity contribution is 7.88. The minimum atomic E-state index is -3.66. The minimum absolute atomic E-state index is 0.191. The van der Waals surface area contributed by atoms with Gasteiger partial charge in [0.05, 0.1) is 12.8 Å². The largest absolute Gasteiger partial charge is 0.351 e. The smallest absolute Gasteiger partial charge is 0.235 e. The van der Waals surface area contributed by atoms with E-state index >= 15 is 0 Å². The number of nitrogens with zero attached hydrogens (tertiary/aromatic N) is 1. The van der Waals surface area contributed by atoms with Gasteiger partial charge in [0.15, 0.2) is 0 Å². The van der Waals surface area contributed by atoms with Crippen LogP contribution in [0.15, 0.2) is 48.5 Å². The number of aryl methyl sites for hydroxylation is 1. The molecule has 2 rings (SSSR count). The third-order valence-corrected chi connectivity index (χ3v) is 5.03. The first-order chi connectivity index (χ1) is 11.8. The van der Waals surface area contributed by atoms with Gasteiger partial charge in [-0.05, 0) is 24.1 Å². The Bertz CT molecular complexity index is 853. The number of rotatable bonds is 7. The van der Waals surface area contributed by atoms with Gasteiger partial charge in [-0.25, -0.2) is 12.8 Å². The summed E-state index contributed by atoms with van der Waals surface area (Å²) in [7, 11) is -3.66. The Morgan fingerprint density at radius 1 is 1.08 bits per heavy atom. The zero-order valence-electron chi connectivity index (χ0n) is 14.2. The fraction of sp³-hybridized carbons (Fsp3) is 0.278. The minimum Gasteiger partial charge on any atom is -0.351 e. The van der Waals surface area contributed by atoms with Gasteiger partial charge in [0.1, 0.15) is 5.82 Å². The number of sulfonamides is 1. The molecule has 25 heavy (non-hydrogen) atoms. The first kappa shape index (κ1) is 19.1. The summed E-state index contributed by atoms with van der Waals surface area (Å²) in [6, 6.07) is 13.5. The lowest BCUT2D eigenvalue weighted by Gasteiger charge is -2.20. The van der Waals surface area contributed by atoms with Crippen LogP contribution in [0, 0.1) is 12.7 Å². The molecule has 134 valence electrons. The Labute approximate surface area is 147 Å². The lowest BCUT2D eigenvalue weighted by atomic mass is 10.1. The van der Waals surface area contributed by atoms with E-state index < -0.39 is 21.7 Å². The van der Waals surface area contributed by atoms with Crippen LogP contribution in [-0.4, -0.2) is 31.4 Å². The molecule has 5 nitrogen and oxygen atoms in total. The molecular weight excluding hydrogens is 343 g/mol. The molecule has 0 aliphatic heterocycles. The zero-order chi connectivity index (χ0) is 18.4. The highest BCUT2D eigenvalue weighted by Crippen LogP contribution is 2.12. The Hall–Kier alpha value is -2.25. The number of carbonyl (C=O) groups is 1. The van der Waals surface area contributed by atoms with Crippen LogP contribution in [0.2, 0.25) is 0 Å². The SMILES string of the molecule is Cc1ccccc1CNC(=O)CN(Cc1ccccc1F)S(C)(=O)=O. The molecule has 0 unspecified atom stereocenters. The molecule has 0 aromatic heterocycles. The molecular formula is C18H21FN2O3S. The zero-order valence-corrected chi connectivity index (χ0v) is 15.0. The van der Waals surface area contributed by atoms with E-state index in [0.717, 1.165) is 21.7 Å². The van der Waals surface area contributed by atoms with Crippen molar-refractivity contribution in [1.29, 1.82) is 0 Å². The first-order valence-corrected chi connectivity index (χ1v) is 9.62. The van der Waals surface area contributed by atoms with Gasteiger partial charge in [-0.1, -0.05) is 42.5 Å². The molecule has 0 aliphatic rings. The highest BCUT2D eigenvalue weighted by Gasteiger charge is 2.21. The van der Waals surface area contributed by atoms with Crippen molar-refractivity contribution in [3.8, 4) is 0 Å². The maximum Gasteiger partial charge on any atom is 0.235 e. The first-order valence-electron chi connectivity index (χ1n) is 7.77. The second-order valence-electron chi connectivity index (χ2n) is 5.83. The monoisotopic (exact) mass is 364 g/mol. The fourth-order valence-corrected chi connectivity index (χ4v) is 3.05. The van der Waals surface area contributed by atoms with Gasteiger partial charge in [0.2, 0.25) is 15.9 Å². The average molecular weight is 364 g/mol. The fourth-order valence-electron chi connectivity index (χ4n) is 2.33. The van der Waals surface area contributed by atoms with Crippen LogP contribution in [0.1, 0.15) is 16.7 Å². The van der Waals surface area contributed by atoms with E-state index in [4.69, 9.17) is 0 Å². The van der Waals surface area contributed by atoms with Gasteiger partial charge in [-0.3, -0.25) is 4.79 Å². The number of nitrogens with one attached hydrogen (secondary N) is 1. The lowest BCUT2D eigenvalue weighted by molar-refractivity contribution is -0.121. The van der Waals surface area contributed by atoms with Crippen LogP contribution in [0.5, 0.6) is 0 Å². The predicted molar refractivity (Wildman–Crippen MR) is 94.7 cm³/mol. The Morgan fingerprint density at radius 2 is 1.68 bits per heavy atom. The van der Waals surface area contributed by atoms with E-state index in [1.807, 2.05) is 31.2 Å². The summed E-state index contributed by atoms with van der Waals surface area (Å²) in [5.74, 6) is -0.943. The molecule has 7 heteroatoms. The van der Waals surface area contributed by atoms with E-state index in [2.05, 4.69) is 5.32 Å². The summed E-state index contributed by atoms with van der Waals surface area (Å²) < 4.78 is 38.6. The molecule has 0 fully saturated rings. The van der Waals surface area contributed by atoms with Crippen molar-refractivity contribution in [2.24, 2.45) is 0 Å². The Kier molecular flexibility index (Phi) is 6.27. The van der Waals surface area contributed by atoms with Crippen molar-refractivity contribution < 1.29 is 17.6 Å². The highest BCUT2D eigenvalue weighted by atomic mass is 32.2. The third-order valence-electron chi connectivity index (χ3n) is 3.83. The molecule has 0 saturated carbocycles. The molecule has 2 aromatic rings. The van der Waals surface area contributed by atoms with Crippen LogP contribution in [0.3, 0.4) is 0 Å². The van der Waals surface area contributed by atoms with Gasteiger partial charge < -0.3 is 5.32 Å². The number of hydrogen-bond acceptors (Lipinski definition) is 3. The van der Waals surface area contributed by atoms with E-state index in [1.54, 1.807) is 6.07 Å². The molecule has 0 heterocycles. The summed E-state index contributed by atoms with van der Waals surface area (Å²) in [5, 5.41) is 2.70. The van der Waals surface area contributed by atoms with Crippen molar-refractivity contribution in [1.82, 2.24) is 9.62 Å². The molecule has 0 aliphatic carbocycles. The lowest BCUT2D eigenvalue weighted by Crippen LogP contribution is -2.39. The van der Waals surface area contributed by atoms with Crippen molar-refractivity contribution in [3.05, 3.63) is 71.0 Å². The van der Waals surface area contributed by atoms with Gasteiger partial charge in [-0.15, -0.1) is 0 Å². The van der Waals surface area contributed by atoms with Crippen molar-refractivity contribution in [3.63, 3.8) is 0 Å². The number of halogens is 1. The molecule has 0 radical (unpaired) electrons. The standard InChI is InChI=1S/C18H21FN2O3S/c1-14-7-3-4-8-15(14)11-20-18(22)13-21(25(2,23)24)12-16-9-5-6-10-17(16)19/h3-10H,11-13H2,1-2H3,(H,20,22). The Balaban J connectivity index is 2.03. The van der Waals surface area contributed by atoms with Crippen LogP contribution in [0.4, 0.5) is 4.39 Å². The number of carbonyl (C=O) groups excluding carboxylic acids is 1. The summed E-state index contributed by atoms with van der Waals surface area (Å²) in [6.07, 6.45) is 1.00. The second-order valence-corrected chi connectivity index (χ2v) is 7.81. The number of benzene rings is 2. The number of amides is 1. The molecule has 0 bridgehead atoms. The molecule has 1 N–H and O–H groups in total. The second kappa shape index (κ2) is 8.22. The van der Waals surface area contributed by atoms with Gasteiger partial charge >= 0.3 is 0 Å². The van der Waals surface area contributed by atoms with Crippen molar-refractivity contribution >= 4 is 15.9 Å². The third kappa shape index (κ3) is 5.65. The van der Waals surface area contributed by atoms with E-state index in [9.17, 15) is 17.6 Å². The normalized spacial score (nSPS) is 11.5. The summed E-state index contributed by atoms with van der Waals surface area (Å²) in [5.41, 5.74) is 2.21. The van der Waals surface area contributed by atoms with Crippen molar-refractivity contribution in [2.75, 3.05) is 12.8 Å². The molecule has 0 spiro atoms. The quantitative estimate of drug-likeness (QED) is 0.819. The van der Waals surface area contributed by atoms with Crippen LogP contribution >= 0.6 is 0 Å². The maximum atomic E-state index is 13.8. The van der Waals surface area contributed by atoms with Gasteiger partial charge in [0, 0.05) is 18.7 Å². The Morgan fingerprint density at radius 3 is 2.28 bits per heavy atom. The van der Waals surface area contributed by atoms with E-state index in [-0.39, 0.29) is 18.7 Å². The van der Waals surface area contributed by atoms with Gasteiger partial charge in [0.25, 0.3) is 0 Å². The van der Waals surface area contributed by atoms with E-state index in [0.29, 0.717) is 6.54 Å². The van der Waals surface area contributed by atoms with E-state index in [1.165, 1.54) is 18.2 Å². The molecule has 1 amide bonds. The number of hydrogen-bond donors (Lipinski definition) is 1. The van der Waals surface area contributed by atoms with Gasteiger partial charge in [-0.2, -0.15) is 4.31 Å². The molecule has 2 aromatic carbocycles. The average Bonchev–Trinajstić information content (AvgIpc) is 2.54. The maximum absolute atomic E-state index is 13.8. The topological polar surface area (TPSA) is 66.5 Å². The molecule has 0 saturated heterocycles. The van der Waals surface area contributed by atoms with Crippen LogP contribution < -0.4 is 5.32 Å². The van der Waals surface area contributed by atoms with Crippen LogP contribution in [0.25, 0.3) is 0 Å². The van der Waals surface area contributed by atoms with Crippen molar-refractivity contribution in [2.45, 2.75) is 20.0 Å². The van der Waals surface area contributed by atoms with Crippen LogP contribution in [-0.2, 0) is 27.9 Å². The molecule has 0 atom stereocenters. The summed E-state index contributed by atoms with van der Waals surface area (Å²) in [4.78, 5) is 12.1. The predicted octanol–water partition coefficient (Wildman–Crippen LogP) is 2.21. The summed E-state index contributed by atoms with van der Waals surface area (Å²) in [6.45, 7) is 1.69. The summed E-state index contributed by atoms with van der Waals surface area (Å²) >= 11 is 0.